The van der Waals surface area contributed by atoms with Gasteiger partial charge in [-0.25, -0.2) is 4.79 Å². The van der Waals surface area contributed by atoms with E-state index in [0.29, 0.717) is 0 Å². The largest absolute Gasteiger partial charge is 0.692 e. The van der Waals surface area contributed by atoms with Gasteiger partial charge in [0.1, 0.15) is 0 Å². The molecule has 0 aromatic carbocycles. The van der Waals surface area contributed by atoms with E-state index >= 15 is 0 Å². The molecule has 0 aliphatic carbocycles. The molecule has 70 valence electrons. The molecule has 0 aromatic heterocycles. The van der Waals surface area contributed by atoms with Crippen LogP contribution in [0, 0.1) is 0 Å². The number of ether oxygens (including phenoxy) is 1. The summed E-state index contributed by atoms with van der Waals surface area (Å²) in [6.45, 7) is 0. The molecule has 0 aliphatic heterocycles. The standard InChI is InChI=1S/C4H7NO3.HO3P/c1-5-3(6)4(7)8-2;1-4(2)3/h1-2H3,(H,5,6);(H-,1,2,3)/p+1. The number of hydrogen-bond acceptors (Lipinski definition) is 4. The zero-order valence-corrected chi connectivity index (χ0v) is 7.37. The molecule has 0 unspecified atom stereocenters. The van der Waals surface area contributed by atoms with E-state index in [1.54, 1.807) is 0 Å². The number of methoxy groups -OCH3 is 1. The van der Waals surface area contributed by atoms with Gasteiger partial charge in [-0.3, -0.25) is 4.79 Å². The molecule has 0 heterocycles. The molecule has 0 bridgehead atoms. The lowest BCUT2D eigenvalue weighted by atomic mass is 10.6. The molecule has 0 fully saturated rings. The summed E-state index contributed by atoms with van der Waals surface area (Å²) >= 11 is 0. The van der Waals surface area contributed by atoms with Crippen LogP contribution in [0.3, 0.4) is 0 Å². The SMILES string of the molecule is CNC(=O)C(=O)OC.O=[P+](O)O. The van der Waals surface area contributed by atoms with Crippen molar-refractivity contribution in [3.8, 4) is 0 Å². The summed E-state index contributed by atoms with van der Waals surface area (Å²) in [6, 6.07) is 0. The van der Waals surface area contributed by atoms with Gasteiger partial charge in [0, 0.05) is 11.6 Å². The van der Waals surface area contributed by atoms with E-state index in [0.717, 1.165) is 7.11 Å². The third-order valence-electron chi connectivity index (χ3n) is 0.598. The Morgan fingerprint density at radius 1 is 1.42 bits per heavy atom. The van der Waals surface area contributed by atoms with Crippen molar-refractivity contribution in [1.82, 2.24) is 5.32 Å². The number of hydrogen-bond donors (Lipinski definition) is 3. The molecular weight excluding hydrogens is 189 g/mol. The van der Waals surface area contributed by atoms with E-state index in [1.165, 1.54) is 7.05 Å². The smallest absolute Gasteiger partial charge is 0.462 e. The average Bonchev–Trinajstić information content (AvgIpc) is 2.00. The van der Waals surface area contributed by atoms with Gasteiger partial charge in [0.05, 0.1) is 7.11 Å². The van der Waals surface area contributed by atoms with Gasteiger partial charge in [-0.15, -0.1) is 9.79 Å². The Balaban J connectivity index is 0. The molecule has 0 radical (unpaired) electrons. The zero-order chi connectivity index (χ0) is 10.1. The fourth-order valence-electron chi connectivity index (χ4n) is 0.195. The van der Waals surface area contributed by atoms with Gasteiger partial charge in [-0.05, 0) is 0 Å². The van der Waals surface area contributed by atoms with Crippen molar-refractivity contribution >= 4 is 20.1 Å². The Morgan fingerprint density at radius 2 is 1.75 bits per heavy atom. The summed E-state index contributed by atoms with van der Waals surface area (Å²) in [4.78, 5) is 34.5. The van der Waals surface area contributed by atoms with Crippen LogP contribution in [0.25, 0.3) is 0 Å². The number of rotatable bonds is 0. The van der Waals surface area contributed by atoms with Crippen molar-refractivity contribution in [1.29, 1.82) is 0 Å². The highest BCUT2D eigenvalue weighted by atomic mass is 31.1. The van der Waals surface area contributed by atoms with Gasteiger partial charge in [-0.2, -0.15) is 0 Å². The fraction of sp³-hybridized carbons (Fsp3) is 0.500. The molecule has 0 aromatic rings. The van der Waals surface area contributed by atoms with Crippen LogP contribution in [0.1, 0.15) is 0 Å². The minimum atomic E-state index is -2.87. The van der Waals surface area contributed by atoms with E-state index in [2.05, 4.69) is 10.1 Å². The first kappa shape index (κ1) is 13.5. The van der Waals surface area contributed by atoms with Crippen molar-refractivity contribution in [2.45, 2.75) is 0 Å². The minimum absolute atomic E-state index is 0.729. The lowest BCUT2D eigenvalue weighted by Gasteiger charge is -1.92. The second-order valence-electron chi connectivity index (χ2n) is 1.32. The van der Waals surface area contributed by atoms with Crippen LogP contribution < -0.4 is 5.32 Å². The molecule has 8 heteroatoms. The Hall–Kier alpha value is -1.04. The maximum atomic E-state index is 10.2. The normalized spacial score (nSPS) is 7.33. The van der Waals surface area contributed by atoms with Crippen molar-refractivity contribution in [3.63, 3.8) is 0 Å². The highest BCUT2D eigenvalue weighted by Crippen LogP contribution is 1.98. The summed E-state index contributed by atoms with van der Waals surface area (Å²) in [6.07, 6.45) is 0. The predicted molar refractivity (Wildman–Crippen MR) is 38.1 cm³/mol. The lowest BCUT2D eigenvalue weighted by molar-refractivity contribution is -0.152. The Labute approximate surface area is 69.3 Å². The monoisotopic (exact) mass is 198 g/mol. The van der Waals surface area contributed by atoms with Crippen LogP contribution >= 0.6 is 8.25 Å². The zero-order valence-electron chi connectivity index (χ0n) is 6.47. The number of esters is 1. The first-order valence-corrected chi connectivity index (χ1v) is 3.77. The van der Waals surface area contributed by atoms with Crippen molar-refractivity contribution in [3.05, 3.63) is 0 Å². The maximum absolute atomic E-state index is 10.2. The molecule has 0 saturated carbocycles. The molecule has 12 heavy (non-hydrogen) atoms. The van der Waals surface area contributed by atoms with Gasteiger partial charge >= 0.3 is 20.1 Å². The quantitative estimate of drug-likeness (QED) is 0.249. The minimum Gasteiger partial charge on any atom is -0.462 e. The molecule has 0 aliphatic rings. The van der Waals surface area contributed by atoms with Crippen LogP contribution in [0.2, 0.25) is 0 Å². The van der Waals surface area contributed by atoms with E-state index in [1.807, 2.05) is 0 Å². The van der Waals surface area contributed by atoms with Crippen molar-refractivity contribution in [2.24, 2.45) is 0 Å². The van der Waals surface area contributed by atoms with E-state index in [-0.39, 0.29) is 0 Å². The van der Waals surface area contributed by atoms with Crippen LogP contribution in [-0.2, 0) is 18.9 Å². The molecular formula is C4H9NO6P+. The van der Waals surface area contributed by atoms with Crippen molar-refractivity contribution < 1.29 is 28.7 Å². The molecule has 7 nitrogen and oxygen atoms in total. The topological polar surface area (TPSA) is 113 Å². The molecule has 0 spiro atoms. The molecule has 1 amide bonds. The van der Waals surface area contributed by atoms with E-state index in [9.17, 15) is 9.59 Å². The highest BCUT2D eigenvalue weighted by Gasteiger charge is 2.08. The first-order chi connectivity index (χ1) is 5.45. The Morgan fingerprint density at radius 3 is 1.83 bits per heavy atom. The van der Waals surface area contributed by atoms with Crippen LogP contribution in [0.5, 0.6) is 0 Å². The van der Waals surface area contributed by atoms with Gasteiger partial charge in [0.2, 0.25) is 0 Å². The van der Waals surface area contributed by atoms with E-state index < -0.39 is 20.1 Å². The number of likely N-dealkylation sites (N-methyl/N-ethyl adjacent to an activating group) is 1. The average molecular weight is 198 g/mol. The third-order valence-corrected chi connectivity index (χ3v) is 0.598. The molecule has 0 rings (SSSR count). The number of carbonyl (C=O) groups is 2. The highest BCUT2D eigenvalue weighted by molar-refractivity contribution is 7.30. The fourth-order valence-corrected chi connectivity index (χ4v) is 0.195. The third kappa shape index (κ3) is 11.7. The van der Waals surface area contributed by atoms with Crippen LogP contribution in [-0.4, -0.2) is 35.8 Å². The Kier molecular flexibility index (Phi) is 9.10. The van der Waals surface area contributed by atoms with Crippen molar-refractivity contribution in [2.75, 3.05) is 14.2 Å². The summed E-state index contributed by atoms with van der Waals surface area (Å²) < 4.78 is 12.8. The number of carbonyl (C=O) groups excluding carboxylic acids is 2. The molecule has 0 atom stereocenters. The maximum Gasteiger partial charge on any atom is 0.692 e. The number of amides is 1. The summed E-state index contributed by atoms with van der Waals surface area (Å²) in [7, 11) is -0.360. The van der Waals surface area contributed by atoms with Gasteiger partial charge in [0.15, 0.2) is 0 Å². The van der Waals surface area contributed by atoms with E-state index in [4.69, 9.17) is 14.4 Å². The summed E-state index contributed by atoms with van der Waals surface area (Å²) in [5, 5.41) is 2.10. The van der Waals surface area contributed by atoms with Crippen LogP contribution in [0.15, 0.2) is 0 Å². The second-order valence-corrected chi connectivity index (χ2v) is 1.83. The van der Waals surface area contributed by atoms with Gasteiger partial charge < -0.3 is 10.1 Å². The molecule has 3 N–H and O–H groups in total. The molecule has 0 saturated heterocycles. The summed E-state index contributed by atoms with van der Waals surface area (Å²) in [5.41, 5.74) is 0. The Bertz CT molecular complexity index is 162. The number of nitrogens with one attached hydrogen (secondary N) is 1. The summed E-state index contributed by atoms with van der Waals surface area (Å²) in [5.74, 6) is -1.60. The van der Waals surface area contributed by atoms with Crippen LogP contribution in [0.4, 0.5) is 0 Å². The predicted octanol–water partition coefficient (Wildman–Crippen LogP) is -1.47. The van der Waals surface area contributed by atoms with Gasteiger partial charge in [0.25, 0.3) is 0 Å². The van der Waals surface area contributed by atoms with Gasteiger partial charge in [-0.1, -0.05) is 0 Å². The second kappa shape index (κ2) is 8.06. The first-order valence-electron chi connectivity index (χ1n) is 2.60. The lowest BCUT2D eigenvalue weighted by Crippen LogP contribution is -2.28.